The summed E-state index contributed by atoms with van der Waals surface area (Å²) in [5.74, 6) is -0.255. The van der Waals surface area contributed by atoms with E-state index in [0.29, 0.717) is 4.47 Å². The van der Waals surface area contributed by atoms with Gasteiger partial charge in [0.05, 0.1) is 11.6 Å². The number of esters is 1. The van der Waals surface area contributed by atoms with E-state index in [9.17, 15) is 14.0 Å². The highest BCUT2D eigenvalue weighted by Gasteiger charge is 2.28. The highest BCUT2D eigenvalue weighted by molar-refractivity contribution is 9.10. The molecule has 1 atom stereocenters. The van der Waals surface area contributed by atoms with Crippen molar-refractivity contribution in [3.8, 4) is 0 Å². The lowest BCUT2D eigenvalue weighted by Crippen LogP contribution is -2.35. The van der Waals surface area contributed by atoms with E-state index in [1.807, 2.05) is 111 Å². The van der Waals surface area contributed by atoms with Crippen LogP contribution in [-0.2, 0) is 33.6 Å². The number of hydrogen-bond donors (Lipinski definition) is 1. The van der Waals surface area contributed by atoms with Gasteiger partial charge in [0.1, 0.15) is 18.6 Å². The van der Waals surface area contributed by atoms with Crippen LogP contribution in [-0.4, -0.2) is 55.3 Å². The Morgan fingerprint density at radius 2 is 1.17 bits per heavy atom. The summed E-state index contributed by atoms with van der Waals surface area (Å²) in [5, 5.41) is 3.22. The van der Waals surface area contributed by atoms with Gasteiger partial charge in [0.2, 0.25) is 11.8 Å². The third kappa shape index (κ3) is 29.3. The molecular weight excluding hydrogens is 811 g/mol. The second kappa shape index (κ2) is 44.6. The van der Waals surface area contributed by atoms with Gasteiger partial charge < -0.3 is 14.8 Å². The number of unbranched alkanes of at least 4 members (excludes halogenated alkanes) is 1. The summed E-state index contributed by atoms with van der Waals surface area (Å²) >= 11 is 3.17. The number of nitrogens with one attached hydrogen (secondary N) is 1. The number of methoxy groups -OCH3 is 1. The Kier molecular flexibility index (Phi) is 46.6. The zero-order chi connectivity index (χ0) is 46.7. The molecule has 4 aromatic rings. The Morgan fingerprint density at radius 1 is 0.717 bits per heavy atom. The molecule has 4 aromatic carbocycles. The van der Waals surface area contributed by atoms with Crippen LogP contribution in [0.15, 0.2) is 108 Å². The van der Waals surface area contributed by atoms with E-state index in [1.165, 1.54) is 83.3 Å². The maximum absolute atomic E-state index is 12.7. The number of likely N-dealkylation sites (N-methyl/N-ethyl adjacent to an activating group) is 1. The van der Waals surface area contributed by atoms with Crippen LogP contribution in [0.2, 0.25) is 0 Å². The summed E-state index contributed by atoms with van der Waals surface area (Å²) in [6, 6.07) is 33.9. The summed E-state index contributed by atoms with van der Waals surface area (Å²) in [7, 11) is 3.37. The largest absolute Gasteiger partial charge is 0.464 e. The van der Waals surface area contributed by atoms with E-state index in [-0.39, 0.29) is 23.6 Å². The minimum atomic E-state index is -0.361. The van der Waals surface area contributed by atoms with Gasteiger partial charge in [-0.25, -0.2) is 13.8 Å². The van der Waals surface area contributed by atoms with Gasteiger partial charge in [0, 0.05) is 18.1 Å². The molecule has 0 radical (unpaired) electrons. The van der Waals surface area contributed by atoms with Crippen LogP contribution in [0.25, 0.3) is 0 Å². The van der Waals surface area contributed by atoms with E-state index >= 15 is 0 Å². The number of halogens is 2. The molecule has 7 heteroatoms. The van der Waals surface area contributed by atoms with Gasteiger partial charge in [-0.3, -0.25) is 0 Å². The highest BCUT2D eigenvalue weighted by atomic mass is 79.9. The minimum absolute atomic E-state index is 0.167. The molecule has 0 saturated carbocycles. The Morgan fingerprint density at radius 3 is 1.58 bits per heavy atom. The molecule has 338 valence electrons. The molecule has 0 amide bonds. The zero-order valence-electron chi connectivity index (χ0n) is 40.7. The predicted octanol–water partition coefficient (Wildman–Crippen LogP) is 14.5. The first-order chi connectivity index (χ1) is 29.0. The lowest BCUT2D eigenvalue weighted by atomic mass is 9.95. The summed E-state index contributed by atoms with van der Waals surface area (Å²) in [6.07, 6.45) is 8.40. The van der Waals surface area contributed by atoms with Gasteiger partial charge in [0.15, 0.2) is 0 Å². The molecule has 0 aromatic heterocycles. The molecule has 60 heavy (non-hydrogen) atoms. The average molecular weight is 897 g/mol. The van der Waals surface area contributed by atoms with Crippen molar-refractivity contribution in [2.75, 3.05) is 27.2 Å². The molecular formula is C53H85BrFN2O3+. The van der Waals surface area contributed by atoms with E-state index in [4.69, 9.17) is 4.74 Å². The molecule has 0 bridgehead atoms. The molecule has 0 spiro atoms. The summed E-state index contributed by atoms with van der Waals surface area (Å²) < 4.78 is 20.2. The SMILES string of the molecule is C1CCNC1.CC.CC.CC.CC.CC(C)=O.CCCCc1ccccc1.CCc1cccc(F)c1Br.CCc1ccccc1C(c1ccccc1)=[N+](C)[C@@H](C)C(=O)OC. The fourth-order valence-corrected chi connectivity index (χ4v) is 5.74. The molecule has 1 aliphatic heterocycles. The summed E-state index contributed by atoms with van der Waals surface area (Å²) in [4.78, 5) is 21.4. The minimum Gasteiger partial charge on any atom is -0.464 e. The number of rotatable bonds is 9. The normalized spacial score (nSPS) is 11.2. The molecule has 1 N–H and O–H groups in total. The topological polar surface area (TPSA) is 58.4 Å². The van der Waals surface area contributed by atoms with Gasteiger partial charge in [-0.15, -0.1) is 0 Å². The first-order valence-corrected chi connectivity index (χ1v) is 23.3. The molecule has 1 saturated heterocycles. The van der Waals surface area contributed by atoms with Crippen molar-refractivity contribution in [3.63, 3.8) is 0 Å². The quantitative estimate of drug-likeness (QED) is 0.103. The van der Waals surface area contributed by atoms with E-state index in [0.717, 1.165) is 35.2 Å². The lowest BCUT2D eigenvalue weighted by molar-refractivity contribution is -0.521. The number of aryl methyl sites for hydroxylation is 3. The van der Waals surface area contributed by atoms with E-state index < -0.39 is 0 Å². The van der Waals surface area contributed by atoms with Gasteiger partial charge >= 0.3 is 5.97 Å². The molecule has 1 fully saturated rings. The number of ketones is 1. The van der Waals surface area contributed by atoms with Crippen LogP contribution in [0.5, 0.6) is 0 Å². The highest BCUT2D eigenvalue weighted by Crippen LogP contribution is 2.20. The van der Waals surface area contributed by atoms with E-state index in [1.54, 1.807) is 6.07 Å². The van der Waals surface area contributed by atoms with Crippen LogP contribution >= 0.6 is 15.9 Å². The Balaban J connectivity index is -0.000000353. The van der Waals surface area contributed by atoms with E-state index in [2.05, 4.69) is 95.8 Å². The van der Waals surface area contributed by atoms with Crippen molar-refractivity contribution in [2.45, 2.75) is 148 Å². The Bertz CT molecular complexity index is 1600. The maximum Gasteiger partial charge on any atom is 0.374 e. The number of nitrogens with zero attached hydrogens (tertiary/aromatic N) is 1. The maximum atomic E-state index is 12.7. The van der Waals surface area contributed by atoms with Crippen molar-refractivity contribution in [1.29, 1.82) is 0 Å². The number of carbonyl (C=O) groups excluding carboxylic acids is 2. The summed E-state index contributed by atoms with van der Waals surface area (Å²) in [6.45, 7) is 29.8. The van der Waals surface area contributed by atoms with Crippen LogP contribution < -0.4 is 5.32 Å². The first kappa shape index (κ1) is 62.7. The second-order valence-electron chi connectivity index (χ2n) is 12.6. The molecule has 5 nitrogen and oxygen atoms in total. The first-order valence-electron chi connectivity index (χ1n) is 22.5. The third-order valence-corrected chi connectivity index (χ3v) is 9.10. The smallest absolute Gasteiger partial charge is 0.374 e. The van der Waals surface area contributed by atoms with Crippen LogP contribution in [0.1, 0.15) is 150 Å². The van der Waals surface area contributed by atoms with Crippen molar-refractivity contribution in [2.24, 2.45) is 0 Å². The number of hydrogen-bond acceptors (Lipinski definition) is 4. The van der Waals surface area contributed by atoms with Gasteiger partial charge in [-0.2, -0.15) is 0 Å². The zero-order valence-corrected chi connectivity index (χ0v) is 42.3. The fourth-order valence-electron chi connectivity index (χ4n) is 5.20. The monoisotopic (exact) mass is 896 g/mol. The second-order valence-corrected chi connectivity index (χ2v) is 13.3. The standard InChI is InChI=1S/C20H24NO2.C10H14.C8H8BrF.C4H9N.C3H6O.4C2H6/c1-5-16-11-9-10-14-18(16)19(17-12-7-6-8-13-17)21(3)15(2)20(22)23-4;1-2-3-7-10-8-5-4-6-9-10;1-2-6-4-3-5-7(10)8(6)9;1-2-4-5-3-1;1-3(2)4;4*1-2/h6-15H,5H2,1-4H3;4-6,8-9H,2-3,7H2,1H3;3-5H,2H2,1H3;5H,1-4H2;1-2H3;4*1-2H3/q+1;;;;;;;;/t15-;;;;;;;;/m0......../s1. The number of Topliss-reactive ketones (excluding diaryl/α,β-unsaturated/α-hetero) is 1. The molecule has 5 rings (SSSR count). The summed E-state index contributed by atoms with van der Waals surface area (Å²) in [5.41, 5.74) is 7.02. The fraction of sp³-hybridized carbons (Fsp3) is 0.491. The molecule has 0 aliphatic carbocycles. The molecule has 0 unspecified atom stereocenters. The van der Waals surface area contributed by atoms with Crippen LogP contribution in [0.4, 0.5) is 4.39 Å². The Hall–Kier alpha value is -3.94. The van der Waals surface area contributed by atoms with Crippen LogP contribution in [0.3, 0.4) is 0 Å². The lowest BCUT2D eigenvalue weighted by Gasteiger charge is -2.14. The van der Waals surface area contributed by atoms with Crippen molar-refractivity contribution in [1.82, 2.24) is 5.32 Å². The van der Waals surface area contributed by atoms with Crippen LogP contribution in [0, 0.1) is 5.82 Å². The average Bonchev–Trinajstić information content (AvgIpc) is 3.91. The predicted molar refractivity (Wildman–Crippen MR) is 266 cm³/mol. The van der Waals surface area contributed by atoms with Crippen molar-refractivity contribution >= 4 is 33.4 Å². The Labute approximate surface area is 376 Å². The van der Waals surface area contributed by atoms with Gasteiger partial charge in [-0.1, -0.05) is 161 Å². The molecule has 1 heterocycles. The molecule has 1 aliphatic rings. The van der Waals surface area contributed by atoms with Gasteiger partial charge in [0.25, 0.3) is 0 Å². The van der Waals surface area contributed by atoms with Crippen molar-refractivity contribution < 1.29 is 23.3 Å². The third-order valence-electron chi connectivity index (χ3n) is 8.21. The van der Waals surface area contributed by atoms with Gasteiger partial charge in [-0.05, 0) is 122 Å². The number of ether oxygens (including phenoxy) is 1. The number of carbonyl (C=O) groups is 2. The number of benzene rings is 4. The van der Waals surface area contributed by atoms with Crippen molar-refractivity contribution in [3.05, 3.63) is 141 Å².